The predicted molar refractivity (Wildman–Crippen MR) is 42.3 cm³/mol. The fourth-order valence-electron chi connectivity index (χ4n) is 1.65. The van der Waals surface area contributed by atoms with Crippen molar-refractivity contribution in [3.8, 4) is 0 Å². The maximum absolute atomic E-state index is 13.0. The van der Waals surface area contributed by atoms with Gasteiger partial charge in [0.15, 0.2) is 0 Å². The Morgan fingerprint density at radius 3 is 2.82 bits per heavy atom. The van der Waals surface area contributed by atoms with Crippen molar-refractivity contribution in [2.75, 3.05) is 0 Å². The predicted octanol–water partition coefficient (Wildman–Crippen LogP) is 2.18. The standard InChI is InChI=1S/C9H10FN/c10-8-3-1-2-7-6(8)4-5-9(7)11/h1,3H,2,4-5,11H2. The topological polar surface area (TPSA) is 26.0 Å². The van der Waals surface area contributed by atoms with Crippen molar-refractivity contribution in [3.63, 3.8) is 0 Å². The second-order valence-electron chi connectivity index (χ2n) is 2.94. The SMILES string of the molecule is NC1=C2CC=CC(F)=C2CC1. The van der Waals surface area contributed by atoms with Gasteiger partial charge in [0.1, 0.15) is 5.83 Å². The van der Waals surface area contributed by atoms with Gasteiger partial charge in [0.2, 0.25) is 0 Å². The molecule has 0 bridgehead atoms. The Labute approximate surface area is 65.1 Å². The highest BCUT2D eigenvalue weighted by molar-refractivity contribution is 5.48. The van der Waals surface area contributed by atoms with Crippen molar-refractivity contribution < 1.29 is 4.39 Å². The zero-order chi connectivity index (χ0) is 7.84. The Balaban J connectivity index is 2.50. The number of allylic oxidation sites excluding steroid dienone is 6. The molecule has 0 aromatic carbocycles. The van der Waals surface area contributed by atoms with E-state index in [2.05, 4.69) is 0 Å². The van der Waals surface area contributed by atoms with E-state index in [-0.39, 0.29) is 5.83 Å². The second kappa shape index (κ2) is 2.22. The molecule has 2 heteroatoms. The van der Waals surface area contributed by atoms with Crippen molar-refractivity contribution >= 4 is 0 Å². The molecule has 0 heterocycles. The third kappa shape index (κ3) is 0.897. The normalized spacial score (nSPS) is 23.0. The summed E-state index contributed by atoms with van der Waals surface area (Å²) in [4.78, 5) is 0. The highest BCUT2D eigenvalue weighted by Gasteiger charge is 2.21. The number of nitrogens with two attached hydrogens (primary N) is 1. The number of rotatable bonds is 0. The van der Waals surface area contributed by atoms with Crippen molar-refractivity contribution in [2.24, 2.45) is 5.73 Å². The molecule has 0 radical (unpaired) electrons. The van der Waals surface area contributed by atoms with E-state index in [9.17, 15) is 4.39 Å². The molecule has 0 aromatic heterocycles. The van der Waals surface area contributed by atoms with Gasteiger partial charge in [-0.1, -0.05) is 6.08 Å². The summed E-state index contributed by atoms with van der Waals surface area (Å²) in [7, 11) is 0. The van der Waals surface area contributed by atoms with Crippen LogP contribution < -0.4 is 5.73 Å². The van der Waals surface area contributed by atoms with E-state index in [1.165, 1.54) is 6.08 Å². The summed E-state index contributed by atoms with van der Waals surface area (Å²) in [6.07, 6.45) is 5.80. The molecule has 0 spiro atoms. The van der Waals surface area contributed by atoms with Crippen LogP contribution in [-0.4, -0.2) is 0 Å². The first-order valence-electron chi connectivity index (χ1n) is 3.82. The maximum Gasteiger partial charge on any atom is 0.126 e. The molecule has 0 amide bonds. The number of hydrogen-bond acceptors (Lipinski definition) is 1. The van der Waals surface area contributed by atoms with Crippen LogP contribution in [0.15, 0.2) is 34.8 Å². The summed E-state index contributed by atoms with van der Waals surface area (Å²) >= 11 is 0. The van der Waals surface area contributed by atoms with E-state index in [1.54, 1.807) is 0 Å². The molecule has 0 unspecified atom stereocenters. The third-order valence-corrected chi connectivity index (χ3v) is 2.27. The van der Waals surface area contributed by atoms with E-state index in [4.69, 9.17) is 5.73 Å². The van der Waals surface area contributed by atoms with Crippen LogP contribution in [0.25, 0.3) is 0 Å². The van der Waals surface area contributed by atoms with E-state index in [0.29, 0.717) is 0 Å². The molecule has 58 valence electrons. The van der Waals surface area contributed by atoms with E-state index < -0.39 is 0 Å². The fraction of sp³-hybridized carbons (Fsp3) is 0.333. The lowest BCUT2D eigenvalue weighted by Gasteiger charge is -2.08. The van der Waals surface area contributed by atoms with Crippen LogP contribution in [0.4, 0.5) is 4.39 Å². The first-order valence-corrected chi connectivity index (χ1v) is 3.82. The molecule has 11 heavy (non-hydrogen) atoms. The smallest absolute Gasteiger partial charge is 0.126 e. The van der Waals surface area contributed by atoms with Gasteiger partial charge in [0, 0.05) is 5.70 Å². The summed E-state index contributed by atoms with van der Waals surface area (Å²) in [5.41, 5.74) is 8.44. The quantitative estimate of drug-likeness (QED) is 0.564. The van der Waals surface area contributed by atoms with Gasteiger partial charge < -0.3 is 5.73 Å². The molecule has 1 nitrogen and oxygen atoms in total. The molecule has 0 saturated heterocycles. The van der Waals surface area contributed by atoms with Crippen LogP contribution in [0.5, 0.6) is 0 Å². The lowest BCUT2D eigenvalue weighted by atomic mass is 10.00. The highest BCUT2D eigenvalue weighted by Crippen LogP contribution is 2.36. The molecule has 0 atom stereocenters. The average molecular weight is 151 g/mol. The molecular formula is C9H10FN. The minimum absolute atomic E-state index is 0.0910. The Bertz CT molecular complexity index is 284. The van der Waals surface area contributed by atoms with Crippen molar-refractivity contribution in [2.45, 2.75) is 19.3 Å². The van der Waals surface area contributed by atoms with Crippen molar-refractivity contribution in [3.05, 3.63) is 34.8 Å². The molecule has 2 N–H and O–H groups in total. The highest BCUT2D eigenvalue weighted by atomic mass is 19.1. The van der Waals surface area contributed by atoms with Crippen LogP contribution in [0.3, 0.4) is 0 Å². The zero-order valence-electron chi connectivity index (χ0n) is 6.23. The van der Waals surface area contributed by atoms with Crippen LogP contribution in [0, 0.1) is 0 Å². The van der Waals surface area contributed by atoms with Gasteiger partial charge in [-0.2, -0.15) is 0 Å². The largest absolute Gasteiger partial charge is 0.402 e. The molecule has 2 rings (SSSR count). The Morgan fingerprint density at radius 1 is 1.27 bits per heavy atom. The minimum Gasteiger partial charge on any atom is -0.402 e. The molecular weight excluding hydrogens is 141 g/mol. The van der Waals surface area contributed by atoms with E-state index in [1.807, 2.05) is 6.08 Å². The summed E-state index contributed by atoms with van der Waals surface area (Å²) < 4.78 is 13.0. The van der Waals surface area contributed by atoms with Gasteiger partial charge in [-0.3, -0.25) is 0 Å². The second-order valence-corrected chi connectivity index (χ2v) is 2.94. The zero-order valence-corrected chi connectivity index (χ0v) is 6.23. The summed E-state index contributed by atoms with van der Waals surface area (Å²) in [5.74, 6) is -0.0910. The van der Waals surface area contributed by atoms with Crippen LogP contribution in [0.2, 0.25) is 0 Å². The first kappa shape index (κ1) is 6.65. The molecule has 0 fully saturated rings. The molecule has 2 aliphatic rings. The van der Waals surface area contributed by atoms with Crippen LogP contribution in [0.1, 0.15) is 19.3 Å². The monoisotopic (exact) mass is 151 g/mol. The van der Waals surface area contributed by atoms with Crippen LogP contribution >= 0.6 is 0 Å². The van der Waals surface area contributed by atoms with Gasteiger partial charge in [0.25, 0.3) is 0 Å². The lowest BCUT2D eigenvalue weighted by molar-refractivity contribution is 0.646. The Morgan fingerprint density at radius 2 is 2.09 bits per heavy atom. The van der Waals surface area contributed by atoms with Gasteiger partial charge >= 0.3 is 0 Å². The van der Waals surface area contributed by atoms with E-state index >= 15 is 0 Å². The molecule has 0 saturated carbocycles. The van der Waals surface area contributed by atoms with Crippen molar-refractivity contribution in [1.29, 1.82) is 0 Å². The summed E-state index contributed by atoms with van der Waals surface area (Å²) in [6, 6.07) is 0. The van der Waals surface area contributed by atoms with Gasteiger partial charge in [-0.05, 0) is 36.5 Å². The van der Waals surface area contributed by atoms with Gasteiger partial charge in [-0.25, -0.2) is 4.39 Å². The Hall–Kier alpha value is -1.05. The van der Waals surface area contributed by atoms with Gasteiger partial charge in [-0.15, -0.1) is 0 Å². The van der Waals surface area contributed by atoms with Crippen LogP contribution in [-0.2, 0) is 0 Å². The average Bonchev–Trinajstić information content (AvgIpc) is 2.35. The maximum atomic E-state index is 13.0. The first-order chi connectivity index (χ1) is 5.29. The van der Waals surface area contributed by atoms with Crippen molar-refractivity contribution in [1.82, 2.24) is 0 Å². The summed E-state index contributed by atoms with van der Waals surface area (Å²) in [6.45, 7) is 0. The summed E-state index contributed by atoms with van der Waals surface area (Å²) in [5, 5.41) is 0. The minimum atomic E-state index is -0.0910. The Kier molecular flexibility index (Phi) is 1.34. The molecule has 0 aromatic rings. The molecule has 0 aliphatic heterocycles. The lowest BCUT2D eigenvalue weighted by Crippen LogP contribution is -1.97. The number of halogens is 1. The fourth-order valence-corrected chi connectivity index (χ4v) is 1.65. The van der Waals surface area contributed by atoms with Gasteiger partial charge in [0.05, 0.1) is 0 Å². The number of fused-ring (bicyclic) bond motifs is 1. The third-order valence-electron chi connectivity index (χ3n) is 2.27. The molecule has 2 aliphatic carbocycles. The number of hydrogen-bond donors (Lipinski definition) is 1. The van der Waals surface area contributed by atoms with E-state index in [0.717, 1.165) is 36.1 Å².